The predicted octanol–water partition coefficient (Wildman–Crippen LogP) is 0.0185. The predicted molar refractivity (Wildman–Crippen MR) is 68.3 cm³/mol. The van der Waals surface area contributed by atoms with Crippen LogP contribution in [0.5, 0.6) is 0 Å². The van der Waals surface area contributed by atoms with Gasteiger partial charge < -0.3 is 10.4 Å². The van der Waals surface area contributed by atoms with Gasteiger partial charge in [-0.3, -0.25) is 0 Å². The molecule has 5 nitrogen and oxygen atoms in total. The van der Waals surface area contributed by atoms with Crippen LogP contribution in [0.4, 0.5) is 0 Å². The van der Waals surface area contributed by atoms with E-state index >= 15 is 0 Å². The largest absolute Gasteiger partial charge is 0.389 e. The first-order valence-electron chi connectivity index (χ1n) is 6.08. The normalized spacial score (nSPS) is 23.0. The van der Waals surface area contributed by atoms with E-state index in [0.717, 1.165) is 25.9 Å². The molecule has 0 amide bonds. The van der Waals surface area contributed by atoms with E-state index in [1.54, 1.807) is 13.8 Å². The number of piperidine rings is 1. The third-order valence-electron chi connectivity index (χ3n) is 2.93. The molecule has 0 spiro atoms. The fourth-order valence-electron chi connectivity index (χ4n) is 2.13. The lowest BCUT2D eigenvalue weighted by Crippen LogP contribution is -2.43. The fraction of sp³-hybridized carbons (Fsp3) is 1.00. The van der Waals surface area contributed by atoms with Gasteiger partial charge in [-0.15, -0.1) is 0 Å². The maximum atomic E-state index is 12.1. The standard InChI is InChI=1S/C11H24N2O3S/c1-11(2,14)9-13(3)17(15,16)8-10-5-4-6-12-7-10/h10,12,14H,4-9H2,1-3H3. The average molecular weight is 264 g/mol. The summed E-state index contributed by atoms with van der Waals surface area (Å²) in [7, 11) is -1.73. The lowest BCUT2D eigenvalue weighted by Gasteiger charge is -2.28. The second-order valence-electron chi connectivity index (χ2n) is 5.56. The minimum absolute atomic E-state index is 0.134. The van der Waals surface area contributed by atoms with Crippen molar-refractivity contribution in [3.8, 4) is 0 Å². The van der Waals surface area contributed by atoms with Crippen LogP contribution in [0.2, 0.25) is 0 Å². The third kappa shape index (κ3) is 5.33. The van der Waals surface area contributed by atoms with Gasteiger partial charge in [0.05, 0.1) is 11.4 Å². The summed E-state index contributed by atoms with van der Waals surface area (Å²) in [5.41, 5.74) is -0.993. The van der Waals surface area contributed by atoms with Gasteiger partial charge in [0, 0.05) is 13.6 Å². The molecule has 0 aliphatic carbocycles. The Kier molecular flexibility index (Phi) is 4.95. The van der Waals surface area contributed by atoms with Crippen LogP contribution in [-0.2, 0) is 10.0 Å². The van der Waals surface area contributed by atoms with E-state index in [-0.39, 0.29) is 18.2 Å². The first kappa shape index (κ1) is 14.9. The summed E-state index contributed by atoms with van der Waals surface area (Å²) in [6.45, 7) is 5.11. The molecule has 1 heterocycles. The number of likely N-dealkylation sites (N-methyl/N-ethyl adjacent to an activating group) is 1. The molecule has 1 rings (SSSR count). The topological polar surface area (TPSA) is 69.6 Å². The molecule has 1 aliphatic rings. The first-order valence-corrected chi connectivity index (χ1v) is 7.69. The van der Waals surface area contributed by atoms with Crippen LogP contribution >= 0.6 is 0 Å². The number of rotatable bonds is 5. The smallest absolute Gasteiger partial charge is 0.214 e. The molecule has 1 aliphatic heterocycles. The zero-order chi connectivity index (χ0) is 13.1. The van der Waals surface area contributed by atoms with E-state index in [9.17, 15) is 13.5 Å². The van der Waals surface area contributed by atoms with Crippen molar-refractivity contribution in [2.45, 2.75) is 32.3 Å². The van der Waals surface area contributed by atoms with Crippen LogP contribution in [0.3, 0.4) is 0 Å². The summed E-state index contributed by atoms with van der Waals surface area (Å²) in [5, 5.41) is 12.9. The molecule has 0 radical (unpaired) electrons. The van der Waals surface area contributed by atoms with E-state index in [2.05, 4.69) is 5.32 Å². The van der Waals surface area contributed by atoms with E-state index < -0.39 is 15.6 Å². The summed E-state index contributed by atoms with van der Waals surface area (Å²) >= 11 is 0. The van der Waals surface area contributed by atoms with Crippen LogP contribution < -0.4 is 5.32 Å². The molecule has 0 aromatic rings. The van der Waals surface area contributed by atoms with Gasteiger partial charge in [-0.1, -0.05) is 0 Å². The molecule has 2 N–H and O–H groups in total. The maximum absolute atomic E-state index is 12.1. The lowest BCUT2D eigenvalue weighted by atomic mass is 10.0. The SMILES string of the molecule is CN(CC(C)(C)O)S(=O)(=O)CC1CCCNC1. The molecule has 0 bridgehead atoms. The highest BCUT2D eigenvalue weighted by Crippen LogP contribution is 2.16. The van der Waals surface area contributed by atoms with E-state index in [1.165, 1.54) is 11.4 Å². The van der Waals surface area contributed by atoms with Gasteiger partial charge in [-0.05, 0) is 45.7 Å². The summed E-state index contributed by atoms with van der Waals surface area (Å²) in [6.07, 6.45) is 2.00. The molecular weight excluding hydrogens is 240 g/mol. The van der Waals surface area contributed by atoms with E-state index in [0.29, 0.717) is 0 Å². The Balaban J connectivity index is 2.54. The lowest BCUT2D eigenvalue weighted by molar-refractivity contribution is 0.0639. The van der Waals surface area contributed by atoms with Crippen molar-refractivity contribution in [2.24, 2.45) is 5.92 Å². The van der Waals surface area contributed by atoms with E-state index in [4.69, 9.17) is 0 Å². The first-order chi connectivity index (χ1) is 7.71. The highest BCUT2D eigenvalue weighted by Gasteiger charge is 2.28. The van der Waals surface area contributed by atoms with Gasteiger partial charge in [-0.25, -0.2) is 12.7 Å². The second-order valence-corrected chi connectivity index (χ2v) is 7.68. The van der Waals surface area contributed by atoms with Crippen LogP contribution in [0.1, 0.15) is 26.7 Å². The molecule has 0 saturated carbocycles. The molecule has 1 saturated heterocycles. The highest BCUT2D eigenvalue weighted by atomic mass is 32.2. The number of nitrogens with one attached hydrogen (secondary N) is 1. The van der Waals surface area contributed by atoms with Crippen molar-refractivity contribution in [1.82, 2.24) is 9.62 Å². The maximum Gasteiger partial charge on any atom is 0.214 e. The van der Waals surface area contributed by atoms with E-state index in [1.807, 2.05) is 0 Å². The highest BCUT2D eigenvalue weighted by molar-refractivity contribution is 7.89. The van der Waals surface area contributed by atoms with Crippen molar-refractivity contribution in [1.29, 1.82) is 0 Å². The molecule has 0 aromatic heterocycles. The summed E-state index contributed by atoms with van der Waals surface area (Å²) in [4.78, 5) is 0. The molecule has 17 heavy (non-hydrogen) atoms. The van der Waals surface area contributed by atoms with Gasteiger partial charge >= 0.3 is 0 Å². The van der Waals surface area contributed by atoms with Gasteiger partial charge in [-0.2, -0.15) is 0 Å². The number of hydrogen-bond donors (Lipinski definition) is 2. The number of aliphatic hydroxyl groups is 1. The van der Waals surface area contributed by atoms with Crippen LogP contribution in [-0.4, -0.2) is 55.9 Å². The number of sulfonamides is 1. The molecule has 6 heteroatoms. The van der Waals surface area contributed by atoms with Gasteiger partial charge in [0.1, 0.15) is 0 Å². The minimum Gasteiger partial charge on any atom is -0.389 e. The zero-order valence-electron chi connectivity index (χ0n) is 10.9. The quantitative estimate of drug-likeness (QED) is 0.734. The Hall–Kier alpha value is -0.170. The molecular formula is C11H24N2O3S. The van der Waals surface area contributed by atoms with Crippen molar-refractivity contribution in [3.63, 3.8) is 0 Å². The Morgan fingerprint density at radius 2 is 2.12 bits per heavy atom. The van der Waals surface area contributed by atoms with Crippen LogP contribution in [0, 0.1) is 5.92 Å². The summed E-state index contributed by atoms with van der Waals surface area (Å²) < 4.78 is 25.4. The molecule has 1 unspecified atom stereocenters. The monoisotopic (exact) mass is 264 g/mol. The number of nitrogens with zero attached hydrogens (tertiary/aromatic N) is 1. The van der Waals surface area contributed by atoms with Gasteiger partial charge in [0.25, 0.3) is 0 Å². The number of hydrogen-bond acceptors (Lipinski definition) is 4. The fourth-order valence-corrected chi connectivity index (χ4v) is 3.78. The zero-order valence-corrected chi connectivity index (χ0v) is 11.8. The second kappa shape index (κ2) is 5.65. The Labute approximate surface area is 104 Å². The van der Waals surface area contributed by atoms with Crippen molar-refractivity contribution < 1.29 is 13.5 Å². The third-order valence-corrected chi connectivity index (χ3v) is 4.90. The Bertz CT molecular complexity index is 329. The molecule has 1 fully saturated rings. The van der Waals surface area contributed by atoms with Crippen molar-refractivity contribution >= 4 is 10.0 Å². The van der Waals surface area contributed by atoms with Crippen molar-refractivity contribution in [2.75, 3.05) is 32.4 Å². The minimum atomic E-state index is -3.26. The molecule has 102 valence electrons. The molecule has 0 aromatic carbocycles. The van der Waals surface area contributed by atoms with Crippen LogP contribution in [0.25, 0.3) is 0 Å². The Morgan fingerprint density at radius 1 is 1.47 bits per heavy atom. The molecule has 1 atom stereocenters. The van der Waals surface area contributed by atoms with Gasteiger partial charge in [0.15, 0.2) is 0 Å². The Morgan fingerprint density at radius 3 is 2.59 bits per heavy atom. The average Bonchev–Trinajstić information content (AvgIpc) is 2.15. The summed E-state index contributed by atoms with van der Waals surface area (Å²) in [5.74, 6) is 0.366. The van der Waals surface area contributed by atoms with Crippen LogP contribution in [0.15, 0.2) is 0 Å². The van der Waals surface area contributed by atoms with Gasteiger partial charge in [0.2, 0.25) is 10.0 Å². The van der Waals surface area contributed by atoms with Crippen molar-refractivity contribution in [3.05, 3.63) is 0 Å². The summed E-state index contributed by atoms with van der Waals surface area (Å²) in [6, 6.07) is 0.